The number of aryl methyl sites for hydroxylation is 5. The Labute approximate surface area is 183 Å². The van der Waals surface area contributed by atoms with Gasteiger partial charge in [-0.25, -0.2) is 0 Å². The molecule has 0 unspecified atom stereocenters. The van der Waals surface area contributed by atoms with Gasteiger partial charge < -0.3 is 0 Å². The van der Waals surface area contributed by atoms with Gasteiger partial charge in [-0.15, -0.1) is 0 Å². The Balaban J connectivity index is 2.27. The molecule has 0 aliphatic heterocycles. The van der Waals surface area contributed by atoms with Crippen LogP contribution in [0, 0.1) is 26.7 Å². The van der Waals surface area contributed by atoms with Crippen LogP contribution in [0.25, 0.3) is 0 Å². The Hall–Kier alpha value is -2.22. The second-order valence-electron chi connectivity index (χ2n) is 8.88. The van der Waals surface area contributed by atoms with Crippen LogP contribution in [0.5, 0.6) is 0 Å². The molecule has 0 aliphatic rings. The lowest BCUT2D eigenvalue weighted by molar-refractivity contribution is 0.0982. The highest BCUT2D eigenvalue weighted by molar-refractivity contribution is 6.05. The van der Waals surface area contributed by atoms with E-state index >= 15 is 0 Å². The lowest BCUT2D eigenvalue weighted by Gasteiger charge is -2.15. The third-order valence-corrected chi connectivity index (χ3v) is 5.85. The fourth-order valence-corrected chi connectivity index (χ4v) is 4.09. The summed E-state index contributed by atoms with van der Waals surface area (Å²) in [6, 6.07) is 10.9. The highest BCUT2D eigenvalue weighted by Gasteiger charge is 2.16. The molecule has 162 valence electrons. The maximum atomic E-state index is 13.2. The van der Waals surface area contributed by atoms with E-state index in [9.17, 15) is 4.79 Å². The molecule has 30 heavy (non-hydrogen) atoms. The minimum absolute atomic E-state index is 0.232. The molecule has 0 aromatic heterocycles. The molecular weight excluding hydrogens is 366 g/mol. The van der Waals surface area contributed by atoms with E-state index in [1.807, 2.05) is 0 Å². The largest absolute Gasteiger partial charge is 0.294 e. The van der Waals surface area contributed by atoms with Crippen molar-refractivity contribution in [3.05, 3.63) is 69.3 Å². The summed E-state index contributed by atoms with van der Waals surface area (Å²) in [5, 5.41) is 0. The van der Waals surface area contributed by atoms with Gasteiger partial charge >= 0.3 is 0 Å². The summed E-state index contributed by atoms with van der Waals surface area (Å²) < 4.78 is 0. The third kappa shape index (κ3) is 6.39. The van der Waals surface area contributed by atoms with Crippen molar-refractivity contribution in [2.75, 3.05) is 6.54 Å². The van der Waals surface area contributed by atoms with E-state index in [0.717, 1.165) is 54.6 Å². The Morgan fingerprint density at radius 3 is 2.23 bits per heavy atom. The normalized spacial score (nSPS) is 11.9. The van der Waals surface area contributed by atoms with Gasteiger partial charge in [-0.2, -0.15) is 0 Å². The number of nitrogens with zero attached hydrogens (tertiary/aromatic N) is 1. The average Bonchev–Trinajstić information content (AvgIpc) is 2.70. The van der Waals surface area contributed by atoms with Crippen molar-refractivity contribution in [2.45, 2.75) is 80.6 Å². The number of carbonyl (C=O) groups excluding carboxylic acids is 1. The summed E-state index contributed by atoms with van der Waals surface area (Å²) in [5.41, 5.74) is 9.37. The van der Waals surface area contributed by atoms with Crippen LogP contribution >= 0.6 is 0 Å². The molecule has 2 rings (SSSR count). The quantitative estimate of drug-likeness (QED) is 0.303. The van der Waals surface area contributed by atoms with Gasteiger partial charge in [0, 0.05) is 24.2 Å². The van der Waals surface area contributed by atoms with Gasteiger partial charge in [0.1, 0.15) is 0 Å². The molecule has 0 saturated heterocycles. The summed E-state index contributed by atoms with van der Waals surface area (Å²) in [7, 11) is 0. The molecule has 0 spiro atoms. The predicted octanol–water partition coefficient (Wildman–Crippen LogP) is 7.23. The molecule has 2 aromatic carbocycles. The van der Waals surface area contributed by atoms with E-state index in [0.29, 0.717) is 12.3 Å². The molecule has 0 fully saturated rings. The van der Waals surface area contributed by atoms with E-state index in [1.54, 1.807) is 0 Å². The number of ketones is 1. The van der Waals surface area contributed by atoms with Crippen LogP contribution in [0.4, 0.5) is 0 Å². The predicted molar refractivity (Wildman–Crippen MR) is 130 cm³/mol. The van der Waals surface area contributed by atoms with Gasteiger partial charge in [0.2, 0.25) is 0 Å². The zero-order valence-corrected chi connectivity index (χ0v) is 20.1. The summed E-state index contributed by atoms with van der Waals surface area (Å²) in [6.07, 6.45) is 4.43. The third-order valence-electron chi connectivity index (χ3n) is 5.85. The summed E-state index contributed by atoms with van der Waals surface area (Å²) in [6.45, 7) is 15.8. The SMILES string of the molecule is CC/N=C(/CCC(C)C)c1cc(C(=O)CCc2ccc(C)cc2CC)c(C)cc1C. The molecular formula is C28H39NO. The number of aliphatic imine (C=N–C) groups is 1. The lowest BCUT2D eigenvalue weighted by Crippen LogP contribution is -2.11. The first-order valence-electron chi connectivity index (χ1n) is 11.5. The van der Waals surface area contributed by atoms with Crippen molar-refractivity contribution >= 4 is 11.5 Å². The van der Waals surface area contributed by atoms with E-state index < -0.39 is 0 Å². The molecule has 0 saturated carbocycles. The van der Waals surface area contributed by atoms with Crippen LogP contribution in [0.2, 0.25) is 0 Å². The molecule has 2 aromatic rings. The second kappa shape index (κ2) is 11.2. The van der Waals surface area contributed by atoms with E-state index in [2.05, 4.69) is 78.8 Å². The van der Waals surface area contributed by atoms with Gasteiger partial charge in [0.05, 0.1) is 0 Å². The average molecular weight is 406 g/mol. The smallest absolute Gasteiger partial charge is 0.163 e. The second-order valence-corrected chi connectivity index (χ2v) is 8.88. The van der Waals surface area contributed by atoms with Crippen molar-refractivity contribution in [3.8, 4) is 0 Å². The minimum Gasteiger partial charge on any atom is -0.294 e. The first kappa shape index (κ1) is 24.1. The van der Waals surface area contributed by atoms with Crippen molar-refractivity contribution in [2.24, 2.45) is 10.9 Å². The molecule has 0 atom stereocenters. The first-order chi connectivity index (χ1) is 14.3. The van der Waals surface area contributed by atoms with Gasteiger partial charge in [-0.05, 0) is 93.2 Å². The number of hydrogen-bond donors (Lipinski definition) is 0. The number of benzene rings is 2. The summed E-state index contributed by atoms with van der Waals surface area (Å²) in [4.78, 5) is 18.0. The molecule has 0 radical (unpaired) electrons. The van der Waals surface area contributed by atoms with Crippen LogP contribution in [0.15, 0.2) is 35.3 Å². The molecule has 0 amide bonds. The van der Waals surface area contributed by atoms with E-state index in [-0.39, 0.29) is 5.78 Å². The Kier molecular flexibility index (Phi) is 9.02. The van der Waals surface area contributed by atoms with Crippen LogP contribution in [0.1, 0.15) is 90.7 Å². The van der Waals surface area contributed by atoms with Gasteiger partial charge in [-0.1, -0.05) is 50.6 Å². The lowest BCUT2D eigenvalue weighted by atomic mass is 9.90. The highest BCUT2D eigenvalue weighted by atomic mass is 16.1. The zero-order valence-electron chi connectivity index (χ0n) is 20.1. The molecule has 2 nitrogen and oxygen atoms in total. The summed E-state index contributed by atoms with van der Waals surface area (Å²) >= 11 is 0. The molecule has 0 aliphatic carbocycles. The highest BCUT2D eigenvalue weighted by Crippen LogP contribution is 2.23. The maximum Gasteiger partial charge on any atom is 0.163 e. The zero-order chi connectivity index (χ0) is 22.3. The van der Waals surface area contributed by atoms with Gasteiger partial charge in [0.15, 0.2) is 5.78 Å². The minimum atomic E-state index is 0.232. The van der Waals surface area contributed by atoms with Crippen LogP contribution < -0.4 is 0 Å². The molecule has 0 N–H and O–H groups in total. The Bertz CT molecular complexity index is 905. The number of Topliss-reactive ketones (excluding diaryl/α,β-unsaturated/α-hetero) is 1. The standard InChI is InChI=1S/C28H39NO/c1-8-23-16-20(5)11-12-24(23)13-15-28(30)26-18-25(21(6)17-22(26)7)27(29-9-2)14-10-19(3)4/h11-12,16-19H,8-10,13-15H2,1-7H3/b29-27-. The molecule has 0 bridgehead atoms. The van der Waals surface area contributed by atoms with E-state index in [1.165, 1.54) is 22.3 Å². The van der Waals surface area contributed by atoms with Crippen LogP contribution in [0.3, 0.4) is 0 Å². The topological polar surface area (TPSA) is 29.4 Å². The van der Waals surface area contributed by atoms with Gasteiger partial charge in [0.25, 0.3) is 0 Å². The molecule has 2 heteroatoms. The Morgan fingerprint density at radius 2 is 1.60 bits per heavy atom. The van der Waals surface area contributed by atoms with Crippen LogP contribution in [-0.4, -0.2) is 18.0 Å². The van der Waals surface area contributed by atoms with Crippen molar-refractivity contribution in [3.63, 3.8) is 0 Å². The monoisotopic (exact) mass is 405 g/mol. The van der Waals surface area contributed by atoms with Crippen molar-refractivity contribution < 1.29 is 4.79 Å². The Morgan fingerprint density at radius 1 is 0.900 bits per heavy atom. The van der Waals surface area contributed by atoms with E-state index in [4.69, 9.17) is 4.99 Å². The van der Waals surface area contributed by atoms with Crippen molar-refractivity contribution in [1.82, 2.24) is 0 Å². The van der Waals surface area contributed by atoms with Gasteiger partial charge in [-0.3, -0.25) is 9.79 Å². The maximum absolute atomic E-state index is 13.2. The fraction of sp³-hybridized carbons (Fsp3) is 0.500. The number of carbonyl (C=O) groups is 1. The van der Waals surface area contributed by atoms with Crippen LogP contribution in [-0.2, 0) is 12.8 Å². The molecule has 0 heterocycles. The summed E-state index contributed by atoms with van der Waals surface area (Å²) in [5.74, 6) is 0.872. The number of hydrogen-bond acceptors (Lipinski definition) is 2. The van der Waals surface area contributed by atoms with Crippen molar-refractivity contribution in [1.29, 1.82) is 0 Å². The fourth-order valence-electron chi connectivity index (χ4n) is 4.09. The number of rotatable bonds is 10. The first-order valence-corrected chi connectivity index (χ1v) is 11.5.